The van der Waals surface area contributed by atoms with Crippen molar-refractivity contribution >= 4 is 35.4 Å². The molecule has 0 aliphatic rings. The van der Waals surface area contributed by atoms with Crippen molar-refractivity contribution in [1.29, 1.82) is 0 Å². The van der Waals surface area contributed by atoms with E-state index in [1.54, 1.807) is 43.5 Å². The van der Waals surface area contributed by atoms with Gasteiger partial charge in [0.15, 0.2) is 5.82 Å². The molecule has 1 N–H and O–H groups in total. The lowest BCUT2D eigenvalue weighted by Gasteiger charge is -2.08. The number of nitrogens with zero attached hydrogens (tertiary/aromatic N) is 2. The number of nitrogens with one attached hydrogen (secondary N) is 1. The number of ether oxygens (including phenoxy) is 1. The van der Waals surface area contributed by atoms with E-state index in [4.69, 9.17) is 16.3 Å². The molecule has 2 aromatic carbocycles. The van der Waals surface area contributed by atoms with Crippen molar-refractivity contribution in [3.63, 3.8) is 0 Å². The summed E-state index contributed by atoms with van der Waals surface area (Å²) in [6, 6.07) is 12.5. The van der Waals surface area contributed by atoms with Crippen LogP contribution in [0.2, 0.25) is 5.02 Å². The highest BCUT2D eigenvalue weighted by atomic mass is 35.5. The molecule has 3 aromatic rings. The van der Waals surface area contributed by atoms with Crippen LogP contribution < -0.4 is 9.84 Å². The Hall–Kier alpha value is -2.77. The molecule has 6 nitrogen and oxygen atoms in total. The van der Waals surface area contributed by atoms with Gasteiger partial charge in [-0.25, -0.2) is 4.98 Å². The first kappa shape index (κ1) is 19.0. The lowest BCUT2D eigenvalue weighted by atomic mass is 10.1. The second kappa shape index (κ2) is 8.28. The number of halogens is 1. The molecule has 0 fully saturated rings. The van der Waals surface area contributed by atoms with Crippen molar-refractivity contribution in [2.75, 3.05) is 7.11 Å². The third-order valence-electron chi connectivity index (χ3n) is 3.71. The summed E-state index contributed by atoms with van der Waals surface area (Å²) >= 11 is 6.78. The third kappa shape index (κ3) is 4.69. The number of carboxylic acids is 1. The second-order valence-corrected chi connectivity index (χ2v) is 7.05. The maximum absolute atomic E-state index is 11.5. The minimum absolute atomic E-state index is 0.0115. The molecular formula is C19H15ClN3O3S-. The third-order valence-corrected chi connectivity index (χ3v) is 4.84. The van der Waals surface area contributed by atoms with Crippen LogP contribution in [0.3, 0.4) is 0 Å². The fraction of sp³-hybridized carbons (Fsp3) is 0.105. The summed E-state index contributed by atoms with van der Waals surface area (Å²) in [7, 11) is 1.57. The molecule has 0 bridgehead atoms. The normalized spacial score (nSPS) is 11.4. The van der Waals surface area contributed by atoms with Gasteiger partial charge >= 0.3 is 0 Å². The van der Waals surface area contributed by atoms with Gasteiger partial charge < -0.3 is 14.6 Å². The molecule has 27 heavy (non-hydrogen) atoms. The Bertz CT molecular complexity index is 1000. The average molecular weight is 401 g/mol. The Kier molecular flexibility index (Phi) is 5.83. The molecule has 1 aromatic heterocycles. The van der Waals surface area contributed by atoms with Crippen LogP contribution >= 0.6 is 23.4 Å². The molecule has 0 spiro atoms. The number of carbonyl (C=O) groups is 1. The van der Waals surface area contributed by atoms with Crippen LogP contribution in [0.4, 0.5) is 0 Å². The zero-order valence-corrected chi connectivity index (χ0v) is 16.1. The van der Waals surface area contributed by atoms with E-state index in [9.17, 15) is 9.90 Å². The van der Waals surface area contributed by atoms with Crippen LogP contribution in [-0.2, 0) is 4.79 Å². The van der Waals surface area contributed by atoms with Crippen molar-refractivity contribution in [1.82, 2.24) is 15.2 Å². The first-order valence-electron chi connectivity index (χ1n) is 7.90. The number of rotatable bonds is 6. The molecule has 0 aliphatic heterocycles. The van der Waals surface area contributed by atoms with Gasteiger partial charge in [-0.15, -0.1) is 5.10 Å². The van der Waals surface area contributed by atoms with E-state index in [-0.39, 0.29) is 10.1 Å². The molecule has 3 rings (SSSR count). The van der Waals surface area contributed by atoms with Crippen LogP contribution in [0.1, 0.15) is 11.1 Å². The first-order valence-corrected chi connectivity index (χ1v) is 9.09. The van der Waals surface area contributed by atoms with Crippen LogP contribution in [0, 0.1) is 6.92 Å². The summed E-state index contributed by atoms with van der Waals surface area (Å²) in [6.45, 7) is 1.91. The molecule has 0 atom stereocenters. The molecule has 138 valence electrons. The molecular weight excluding hydrogens is 386 g/mol. The van der Waals surface area contributed by atoms with E-state index in [1.165, 1.54) is 6.08 Å². The molecule has 8 heteroatoms. The number of aliphatic carboxylic acids is 1. The van der Waals surface area contributed by atoms with Gasteiger partial charge in [-0.2, -0.15) is 0 Å². The van der Waals surface area contributed by atoms with Crippen molar-refractivity contribution in [3.8, 4) is 17.1 Å². The van der Waals surface area contributed by atoms with Gasteiger partial charge in [-0.05, 0) is 66.2 Å². The fourth-order valence-electron chi connectivity index (χ4n) is 2.34. The van der Waals surface area contributed by atoms with Crippen molar-refractivity contribution in [2.24, 2.45) is 0 Å². The Balaban J connectivity index is 1.85. The quantitative estimate of drug-likeness (QED) is 0.504. The Morgan fingerprint density at radius 2 is 2.00 bits per heavy atom. The summed E-state index contributed by atoms with van der Waals surface area (Å²) < 4.78 is 5.27. The number of hydrogen-bond acceptors (Lipinski definition) is 6. The number of H-pyrrole nitrogens is 1. The first-order chi connectivity index (χ1) is 13.0. The largest absolute Gasteiger partial charge is 0.544 e. The van der Waals surface area contributed by atoms with Gasteiger partial charge in [0.1, 0.15) is 5.75 Å². The lowest BCUT2D eigenvalue weighted by Crippen LogP contribution is -2.23. The van der Waals surface area contributed by atoms with Crippen LogP contribution in [0.15, 0.2) is 52.5 Å². The topological polar surface area (TPSA) is 90.9 Å². The van der Waals surface area contributed by atoms with Gasteiger partial charge in [0.25, 0.3) is 0 Å². The molecule has 0 amide bonds. The fourth-order valence-corrected chi connectivity index (χ4v) is 3.16. The number of hydrogen-bond donors (Lipinski definition) is 1. The van der Waals surface area contributed by atoms with Crippen LogP contribution in [-0.4, -0.2) is 28.3 Å². The smallest absolute Gasteiger partial charge is 0.213 e. The van der Waals surface area contributed by atoms with E-state index in [2.05, 4.69) is 15.2 Å². The van der Waals surface area contributed by atoms with E-state index in [0.29, 0.717) is 22.2 Å². The summed E-state index contributed by atoms with van der Waals surface area (Å²) in [5.74, 6) is -0.115. The molecule has 0 saturated carbocycles. The van der Waals surface area contributed by atoms with Gasteiger partial charge in [0.2, 0.25) is 5.16 Å². The minimum Gasteiger partial charge on any atom is -0.544 e. The van der Waals surface area contributed by atoms with E-state index in [1.807, 2.05) is 13.0 Å². The van der Waals surface area contributed by atoms with E-state index in [0.717, 1.165) is 22.9 Å². The van der Waals surface area contributed by atoms with Gasteiger partial charge in [-0.1, -0.05) is 23.7 Å². The Morgan fingerprint density at radius 1 is 1.26 bits per heavy atom. The number of aromatic nitrogens is 3. The highest BCUT2D eigenvalue weighted by Crippen LogP contribution is 2.28. The van der Waals surface area contributed by atoms with Gasteiger partial charge in [0.05, 0.1) is 13.1 Å². The molecule has 0 aliphatic carbocycles. The van der Waals surface area contributed by atoms with Crippen molar-refractivity contribution < 1.29 is 14.6 Å². The second-order valence-electron chi connectivity index (χ2n) is 5.60. The predicted molar refractivity (Wildman–Crippen MR) is 103 cm³/mol. The molecule has 0 unspecified atom stereocenters. The molecule has 0 saturated heterocycles. The van der Waals surface area contributed by atoms with Crippen LogP contribution in [0.25, 0.3) is 17.5 Å². The number of thioether (sulfide) groups is 1. The monoisotopic (exact) mass is 400 g/mol. The molecule has 1 heterocycles. The van der Waals surface area contributed by atoms with Gasteiger partial charge in [0, 0.05) is 15.5 Å². The standard InChI is InChI=1S/C19H16ClN3O3S/c1-11-3-4-12(9-15(11)26-2)10-16(18(24)25)27-19-21-17(22-23-19)13-5-7-14(20)8-6-13/h3-10H,1-2H3,(H,24,25)(H,21,22,23)/p-1/b16-10-. The van der Waals surface area contributed by atoms with Gasteiger partial charge in [-0.3, -0.25) is 5.10 Å². The maximum Gasteiger partial charge on any atom is 0.213 e. The number of carbonyl (C=O) groups excluding carboxylic acids is 1. The number of aromatic amines is 1. The average Bonchev–Trinajstić information content (AvgIpc) is 3.11. The zero-order valence-electron chi connectivity index (χ0n) is 14.5. The SMILES string of the molecule is COc1cc(/C=C(\Sc2n[nH]c(-c3ccc(Cl)cc3)n2)C(=O)[O-])ccc1C. The summed E-state index contributed by atoms with van der Waals surface area (Å²) in [4.78, 5) is 15.8. The Labute approximate surface area is 165 Å². The number of benzene rings is 2. The predicted octanol–water partition coefficient (Wildman–Crippen LogP) is 3.33. The van der Waals surface area contributed by atoms with Crippen LogP contribution in [0.5, 0.6) is 5.75 Å². The lowest BCUT2D eigenvalue weighted by molar-refractivity contribution is -0.297. The highest BCUT2D eigenvalue weighted by Gasteiger charge is 2.10. The summed E-state index contributed by atoms with van der Waals surface area (Å²) in [6.07, 6.45) is 1.50. The van der Waals surface area contributed by atoms with E-state index >= 15 is 0 Å². The summed E-state index contributed by atoms with van der Waals surface area (Å²) in [5.41, 5.74) is 2.43. The van der Waals surface area contributed by atoms with Crippen molar-refractivity contribution in [3.05, 3.63) is 63.5 Å². The minimum atomic E-state index is -1.31. The number of methoxy groups -OCH3 is 1. The van der Waals surface area contributed by atoms with Crippen molar-refractivity contribution in [2.45, 2.75) is 12.1 Å². The molecule has 0 radical (unpaired) electrons. The summed E-state index contributed by atoms with van der Waals surface area (Å²) in [5, 5.41) is 19.3. The van der Waals surface area contributed by atoms with E-state index < -0.39 is 5.97 Å². The Morgan fingerprint density at radius 3 is 2.67 bits per heavy atom. The number of carboxylic acid groups (broad SMARTS) is 1. The maximum atomic E-state index is 11.5. The number of aryl methyl sites for hydroxylation is 1. The highest BCUT2D eigenvalue weighted by molar-refractivity contribution is 8.04. The zero-order chi connectivity index (χ0) is 19.4.